The third-order valence-corrected chi connectivity index (χ3v) is 7.03. The second kappa shape index (κ2) is 13.0. The number of nitrogens with zero attached hydrogens (tertiary/aromatic N) is 1. The Morgan fingerprint density at radius 2 is 1.47 bits per heavy atom. The third kappa shape index (κ3) is 6.90. The van der Waals surface area contributed by atoms with E-state index >= 15 is 0 Å². The molecule has 0 saturated heterocycles. The monoisotopic (exact) mass is 513 g/mol. The van der Waals surface area contributed by atoms with E-state index in [1.807, 2.05) is 0 Å². The van der Waals surface area contributed by atoms with Crippen LogP contribution in [0.15, 0.2) is 41.4 Å². The van der Waals surface area contributed by atoms with Gasteiger partial charge in [-0.3, -0.25) is 0 Å². The Morgan fingerprint density at radius 1 is 0.875 bits per heavy atom. The number of hydrogen-bond acceptors (Lipinski definition) is 10. The van der Waals surface area contributed by atoms with Gasteiger partial charge in [0.1, 0.15) is 5.75 Å². The summed E-state index contributed by atoms with van der Waals surface area (Å²) in [5.41, 5.74) is 2.22. The molecule has 0 N–H and O–H groups in total. The topological polar surface area (TPSA) is 113 Å². The number of methoxy groups -OCH3 is 4. The van der Waals surface area contributed by atoms with Crippen LogP contribution in [0, 0.1) is 0 Å². The van der Waals surface area contributed by atoms with Crippen molar-refractivity contribution in [1.82, 2.24) is 4.37 Å². The Bertz CT molecular complexity index is 1080. The molecule has 0 aliphatic heterocycles. The van der Waals surface area contributed by atoms with Gasteiger partial charge in [0.15, 0.2) is 11.5 Å². The van der Waals surface area contributed by atoms with E-state index in [4.69, 9.17) is 18.9 Å². The number of rotatable bonds is 8. The molecule has 32 heavy (non-hydrogen) atoms. The Morgan fingerprint density at radius 3 is 1.97 bits per heavy atom. The maximum absolute atomic E-state index is 11.3. The van der Waals surface area contributed by atoms with Gasteiger partial charge in [0, 0.05) is 17.3 Å². The van der Waals surface area contributed by atoms with Crippen LogP contribution >= 0.6 is 29.7 Å². The van der Waals surface area contributed by atoms with Gasteiger partial charge in [0.2, 0.25) is 5.75 Å². The van der Waals surface area contributed by atoms with Crippen LogP contribution in [0.5, 0.6) is 23.0 Å². The number of benzene rings is 2. The number of ether oxygens (including phenoxy) is 4. The van der Waals surface area contributed by atoms with Crippen molar-refractivity contribution in [2.75, 3.05) is 28.4 Å². The molecule has 160 valence electrons. The molecule has 0 unspecified atom stereocenters. The summed E-state index contributed by atoms with van der Waals surface area (Å²) in [5, 5.41) is 0. The fraction of sp³-hybridized carbons (Fsp3) is 0.211. The first kappa shape index (κ1) is 29.8. The smallest absolute Gasteiger partial charge is 0.803 e. The van der Waals surface area contributed by atoms with Crippen molar-refractivity contribution >= 4 is 29.7 Å². The second-order valence-electron chi connectivity index (χ2n) is 5.89. The van der Waals surface area contributed by atoms with E-state index < -0.39 is 6.80 Å². The molecule has 1 aromatic heterocycles. The second-order valence-corrected chi connectivity index (χ2v) is 10.1. The van der Waals surface area contributed by atoms with Crippen LogP contribution in [0.4, 0.5) is 0 Å². The van der Waals surface area contributed by atoms with Gasteiger partial charge in [-0.1, -0.05) is 17.4 Å². The minimum atomic E-state index is -4.85. The average Bonchev–Trinajstić information content (AvgIpc) is 3.21. The predicted molar refractivity (Wildman–Crippen MR) is 113 cm³/mol. The minimum absolute atomic E-state index is 0. The molecule has 3 aromatic rings. The van der Waals surface area contributed by atoms with E-state index in [1.165, 1.54) is 40.0 Å². The van der Waals surface area contributed by atoms with Gasteiger partial charge in [0.25, 0.3) is 0 Å². The first-order valence-corrected chi connectivity index (χ1v) is 12.2. The fourth-order valence-corrected chi connectivity index (χ4v) is 5.47. The molecule has 8 nitrogen and oxygen atoms in total. The Labute approximate surface area is 238 Å². The van der Waals surface area contributed by atoms with Gasteiger partial charge < -0.3 is 33.3 Å². The van der Waals surface area contributed by atoms with Crippen LogP contribution in [0.25, 0.3) is 21.6 Å². The van der Waals surface area contributed by atoms with E-state index in [0.717, 1.165) is 16.0 Å². The van der Waals surface area contributed by atoms with Crippen LogP contribution in [-0.4, -0.2) is 32.8 Å². The van der Waals surface area contributed by atoms with Crippen LogP contribution in [0.3, 0.4) is 0 Å². The molecule has 0 aliphatic carbocycles. The van der Waals surface area contributed by atoms with Gasteiger partial charge in [-0.25, -0.2) is 0 Å². The molecule has 0 amide bonds. The summed E-state index contributed by atoms with van der Waals surface area (Å²) in [6.45, 7) is -4.85. The molecule has 2 aromatic carbocycles. The molecule has 13 heteroatoms. The molecule has 0 saturated carbocycles. The number of aromatic nitrogens is 1. The van der Waals surface area contributed by atoms with Crippen molar-refractivity contribution in [3.8, 4) is 44.6 Å². The molecule has 0 fully saturated rings. The third-order valence-electron chi connectivity index (χ3n) is 4.18. The van der Waals surface area contributed by atoms with E-state index in [9.17, 15) is 14.4 Å². The summed E-state index contributed by atoms with van der Waals surface area (Å²) in [7, 11) is 6.00. The summed E-state index contributed by atoms with van der Waals surface area (Å²) in [5.74, 6) is 1.76. The maximum atomic E-state index is 11.3. The van der Waals surface area contributed by atoms with Crippen LogP contribution < -0.4 is 87.8 Å². The molecule has 1 heterocycles. The van der Waals surface area contributed by atoms with Gasteiger partial charge in [-0.15, -0.1) is 0 Å². The van der Waals surface area contributed by atoms with Crippen LogP contribution in [-0.2, 0) is 4.57 Å². The van der Waals surface area contributed by atoms with Gasteiger partial charge in [-0.2, -0.15) is 4.37 Å². The van der Waals surface area contributed by atoms with E-state index in [1.54, 1.807) is 36.5 Å². The van der Waals surface area contributed by atoms with Crippen molar-refractivity contribution in [3.05, 3.63) is 36.5 Å². The van der Waals surface area contributed by atoms with E-state index in [-0.39, 0.29) is 75.4 Å². The van der Waals surface area contributed by atoms with Crippen molar-refractivity contribution in [2.45, 2.75) is 4.90 Å². The molecular weight excluding hydrogens is 495 g/mol. The van der Waals surface area contributed by atoms with Crippen LogP contribution in [0.1, 0.15) is 0 Å². The Balaban J connectivity index is 0.00000256. The largest absolute Gasteiger partial charge is 1.00 e. The van der Waals surface area contributed by atoms with Crippen molar-refractivity contribution < 1.29 is 92.4 Å². The molecule has 0 bridgehead atoms. The van der Waals surface area contributed by atoms with Gasteiger partial charge in [-0.05, 0) is 48.2 Å². The molecular formula is C19H18NNa2O7PS2. The average molecular weight is 513 g/mol. The maximum Gasteiger partial charge on any atom is 1.00 e. The predicted octanol–water partition coefficient (Wildman–Crippen LogP) is -2.56. The summed E-state index contributed by atoms with van der Waals surface area (Å²) in [4.78, 5) is 23.6. The normalized spacial score (nSPS) is 10.6. The van der Waals surface area contributed by atoms with Crippen LogP contribution in [0.2, 0.25) is 0 Å². The molecule has 0 spiro atoms. The molecule has 3 rings (SSSR count). The van der Waals surface area contributed by atoms with E-state index in [2.05, 4.69) is 4.37 Å². The quantitative estimate of drug-likeness (QED) is 0.237. The van der Waals surface area contributed by atoms with Crippen molar-refractivity contribution in [1.29, 1.82) is 0 Å². The summed E-state index contributed by atoms with van der Waals surface area (Å²) >= 11 is 1.49. The molecule has 0 radical (unpaired) electrons. The standard InChI is InChI=1S/C19H20NO7PS2.2Na/c1-24-14-6-5-11(9-17(14)30-28(21,22)23)13-10-20-29-19(13)12-7-15(25-2)18(27-4)16(8-12)26-3;;/h5-10H,1-4H3,(H2,21,22,23);;/q;2*+1/p-2. The number of hydrogen-bond donors (Lipinski definition) is 0. The SMILES string of the molecule is COc1ccc(-c2cnsc2-c2cc(OC)c(OC)c(OC)c2)cc1SP(=O)([O-])[O-].[Na+].[Na+]. The summed E-state index contributed by atoms with van der Waals surface area (Å²) in [6, 6.07) is 8.60. The zero-order valence-electron chi connectivity index (χ0n) is 18.5. The zero-order valence-corrected chi connectivity index (χ0v) is 25.1. The Kier molecular flexibility index (Phi) is 12.1. The molecule has 0 aliphatic rings. The first-order chi connectivity index (χ1) is 14.3. The van der Waals surface area contributed by atoms with Gasteiger partial charge in [0.05, 0.1) is 38.2 Å². The fourth-order valence-electron chi connectivity index (χ4n) is 2.90. The minimum Gasteiger partial charge on any atom is -0.803 e. The summed E-state index contributed by atoms with van der Waals surface area (Å²) < 4.78 is 37.0. The van der Waals surface area contributed by atoms with Crippen molar-refractivity contribution in [3.63, 3.8) is 0 Å². The molecule has 0 atom stereocenters. The van der Waals surface area contributed by atoms with Crippen molar-refractivity contribution in [2.24, 2.45) is 0 Å². The van der Waals surface area contributed by atoms with E-state index in [0.29, 0.717) is 28.6 Å². The summed E-state index contributed by atoms with van der Waals surface area (Å²) in [6.07, 6.45) is 1.67. The Hall–Kier alpha value is -0.230. The zero-order chi connectivity index (χ0) is 21.9. The first-order valence-electron chi connectivity index (χ1n) is 8.46. The van der Waals surface area contributed by atoms with Gasteiger partial charge >= 0.3 is 59.1 Å².